The van der Waals surface area contributed by atoms with Crippen LogP contribution in [0.3, 0.4) is 0 Å². The van der Waals surface area contributed by atoms with Crippen molar-refractivity contribution in [3.8, 4) is 11.5 Å². The predicted molar refractivity (Wildman–Crippen MR) is 97.1 cm³/mol. The van der Waals surface area contributed by atoms with E-state index >= 15 is 0 Å². The van der Waals surface area contributed by atoms with Gasteiger partial charge in [0.25, 0.3) is 0 Å². The summed E-state index contributed by atoms with van der Waals surface area (Å²) < 4.78 is 28.3. The summed E-state index contributed by atoms with van der Waals surface area (Å²) in [4.78, 5) is 17.3. The first-order valence-corrected chi connectivity index (χ1v) is 8.36. The summed E-state index contributed by atoms with van der Waals surface area (Å²) in [7, 11) is 0. The Kier molecular flexibility index (Phi) is 4.23. The van der Waals surface area contributed by atoms with E-state index in [0.29, 0.717) is 28.7 Å². The molecule has 0 radical (unpaired) electrons. The highest BCUT2D eigenvalue weighted by atomic mass is 19.1. The van der Waals surface area contributed by atoms with E-state index in [9.17, 15) is 8.78 Å². The van der Waals surface area contributed by atoms with Crippen LogP contribution in [0.15, 0.2) is 49.1 Å². The van der Waals surface area contributed by atoms with Crippen LogP contribution in [0.4, 0.5) is 14.6 Å². The SMILES string of the molecule is Cc1cnc(-c2cnc3ccc(F)cn23)nc1N[C@@H](C)c1ccc(F)cn1. The van der Waals surface area contributed by atoms with Gasteiger partial charge in [-0.2, -0.15) is 0 Å². The number of nitrogens with zero attached hydrogens (tertiary/aromatic N) is 5. The number of imidazole rings is 1. The Morgan fingerprint density at radius 1 is 0.963 bits per heavy atom. The van der Waals surface area contributed by atoms with Crippen molar-refractivity contribution in [1.82, 2.24) is 24.3 Å². The van der Waals surface area contributed by atoms with Crippen LogP contribution in [0, 0.1) is 18.6 Å². The summed E-state index contributed by atoms with van der Waals surface area (Å²) in [5, 5.41) is 3.27. The first kappa shape index (κ1) is 17.0. The van der Waals surface area contributed by atoms with E-state index in [1.807, 2.05) is 13.8 Å². The number of anilines is 1. The average molecular weight is 366 g/mol. The molecular weight excluding hydrogens is 350 g/mol. The van der Waals surface area contributed by atoms with Crippen LogP contribution in [-0.2, 0) is 0 Å². The summed E-state index contributed by atoms with van der Waals surface area (Å²) in [6.07, 6.45) is 5.82. The van der Waals surface area contributed by atoms with Crippen LogP contribution in [0.25, 0.3) is 17.2 Å². The molecule has 0 aliphatic rings. The molecule has 0 aliphatic carbocycles. The van der Waals surface area contributed by atoms with Crippen LogP contribution in [0.1, 0.15) is 24.2 Å². The monoisotopic (exact) mass is 366 g/mol. The van der Waals surface area contributed by atoms with E-state index in [1.165, 1.54) is 24.5 Å². The first-order chi connectivity index (χ1) is 13.0. The zero-order chi connectivity index (χ0) is 19.0. The molecule has 0 aromatic carbocycles. The Labute approximate surface area is 154 Å². The largest absolute Gasteiger partial charge is 0.362 e. The third-order valence-corrected chi connectivity index (χ3v) is 4.22. The Hall–Kier alpha value is -3.42. The van der Waals surface area contributed by atoms with Crippen LogP contribution in [0.2, 0.25) is 0 Å². The van der Waals surface area contributed by atoms with Gasteiger partial charge in [0.2, 0.25) is 0 Å². The van der Waals surface area contributed by atoms with E-state index in [0.717, 1.165) is 5.56 Å². The van der Waals surface area contributed by atoms with E-state index in [-0.39, 0.29) is 17.7 Å². The third-order valence-electron chi connectivity index (χ3n) is 4.22. The predicted octanol–water partition coefficient (Wildman–Crippen LogP) is 3.95. The quantitative estimate of drug-likeness (QED) is 0.592. The standard InChI is InChI=1S/C19H16F2N6/c1-11-7-24-19(16-9-23-17-6-4-14(21)10-27(16)17)26-18(11)25-12(2)15-5-3-13(20)8-22-15/h3-10,12H,1-2H3,(H,24,25,26)/t12-/m0/s1. The van der Waals surface area contributed by atoms with E-state index < -0.39 is 0 Å². The van der Waals surface area contributed by atoms with Crippen molar-refractivity contribution >= 4 is 11.5 Å². The molecule has 0 spiro atoms. The highest BCUT2D eigenvalue weighted by Gasteiger charge is 2.14. The zero-order valence-corrected chi connectivity index (χ0v) is 14.7. The second-order valence-electron chi connectivity index (χ2n) is 6.21. The molecule has 136 valence electrons. The second-order valence-corrected chi connectivity index (χ2v) is 6.21. The number of aromatic nitrogens is 5. The molecule has 4 heterocycles. The van der Waals surface area contributed by atoms with Gasteiger partial charge < -0.3 is 5.32 Å². The molecule has 0 unspecified atom stereocenters. The van der Waals surface area contributed by atoms with Crippen LogP contribution in [0.5, 0.6) is 0 Å². The van der Waals surface area contributed by atoms with E-state index in [2.05, 4.69) is 25.3 Å². The molecule has 0 amide bonds. The van der Waals surface area contributed by atoms with Gasteiger partial charge in [-0.05, 0) is 38.1 Å². The molecule has 6 nitrogen and oxygen atoms in total. The molecule has 4 aromatic rings. The van der Waals surface area contributed by atoms with Gasteiger partial charge in [0.05, 0.1) is 24.1 Å². The maximum Gasteiger partial charge on any atom is 0.180 e. The van der Waals surface area contributed by atoms with Crippen molar-refractivity contribution in [3.63, 3.8) is 0 Å². The third kappa shape index (κ3) is 3.33. The van der Waals surface area contributed by atoms with Crippen molar-refractivity contribution in [2.24, 2.45) is 0 Å². The number of halogens is 2. The smallest absolute Gasteiger partial charge is 0.180 e. The number of pyridine rings is 2. The number of fused-ring (bicyclic) bond motifs is 1. The number of aryl methyl sites for hydroxylation is 1. The lowest BCUT2D eigenvalue weighted by atomic mass is 10.2. The molecule has 4 rings (SSSR count). The van der Waals surface area contributed by atoms with Gasteiger partial charge in [-0.3, -0.25) is 9.38 Å². The van der Waals surface area contributed by atoms with Crippen molar-refractivity contribution in [2.75, 3.05) is 5.32 Å². The fourth-order valence-corrected chi connectivity index (χ4v) is 2.75. The summed E-state index contributed by atoms with van der Waals surface area (Å²) in [6.45, 7) is 3.79. The van der Waals surface area contributed by atoms with Gasteiger partial charge in [-0.15, -0.1) is 0 Å². The van der Waals surface area contributed by atoms with Crippen molar-refractivity contribution in [1.29, 1.82) is 0 Å². The van der Waals surface area contributed by atoms with Crippen molar-refractivity contribution in [2.45, 2.75) is 19.9 Å². The van der Waals surface area contributed by atoms with Gasteiger partial charge >= 0.3 is 0 Å². The fraction of sp³-hybridized carbons (Fsp3) is 0.158. The normalized spacial score (nSPS) is 12.3. The molecule has 1 atom stereocenters. The maximum atomic E-state index is 13.6. The molecule has 1 N–H and O–H groups in total. The fourth-order valence-electron chi connectivity index (χ4n) is 2.75. The number of hydrogen-bond acceptors (Lipinski definition) is 5. The number of hydrogen-bond donors (Lipinski definition) is 1. The summed E-state index contributed by atoms with van der Waals surface area (Å²) in [6, 6.07) is 5.75. The summed E-state index contributed by atoms with van der Waals surface area (Å²) in [5.41, 5.74) is 2.72. The highest BCUT2D eigenvalue weighted by Crippen LogP contribution is 2.23. The lowest BCUT2D eigenvalue weighted by Gasteiger charge is -2.16. The topological polar surface area (TPSA) is 68.0 Å². The minimum atomic E-state index is -0.383. The minimum absolute atomic E-state index is 0.188. The maximum absolute atomic E-state index is 13.6. The van der Waals surface area contributed by atoms with Gasteiger partial charge in [0.15, 0.2) is 5.82 Å². The van der Waals surface area contributed by atoms with Crippen LogP contribution >= 0.6 is 0 Å². The minimum Gasteiger partial charge on any atom is -0.362 e. The average Bonchev–Trinajstić information content (AvgIpc) is 3.07. The van der Waals surface area contributed by atoms with E-state index in [1.54, 1.807) is 28.9 Å². The van der Waals surface area contributed by atoms with Crippen molar-refractivity contribution in [3.05, 3.63) is 71.9 Å². The Morgan fingerprint density at radius 3 is 2.56 bits per heavy atom. The zero-order valence-electron chi connectivity index (χ0n) is 14.7. The van der Waals surface area contributed by atoms with Crippen molar-refractivity contribution < 1.29 is 8.78 Å². The number of rotatable bonds is 4. The summed E-state index contributed by atoms with van der Waals surface area (Å²) in [5.74, 6) is 0.278. The molecule has 0 fully saturated rings. The molecule has 0 saturated heterocycles. The Morgan fingerprint density at radius 2 is 1.78 bits per heavy atom. The highest BCUT2D eigenvalue weighted by molar-refractivity contribution is 5.59. The van der Waals surface area contributed by atoms with Gasteiger partial charge in [0, 0.05) is 18.0 Å². The molecule has 0 aliphatic heterocycles. The molecule has 0 saturated carbocycles. The van der Waals surface area contributed by atoms with E-state index in [4.69, 9.17) is 0 Å². The Bertz CT molecular complexity index is 1110. The van der Waals surface area contributed by atoms with Gasteiger partial charge in [-0.25, -0.2) is 23.7 Å². The lowest BCUT2D eigenvalue weighted by Crippen LogP contribution is -2.11. The van der Waals surface area contributed by atoms with Gasteiger partial charge in [-0.1, -0.05) is 0 Å². The van der Waals surface area contributed by atoms with Crippen LogP contribution < -0.4 is 5.32 Å². The Balaban J connectivity index is 1.68. The molecular formula is C19H16F2N6. The molecule has 8 heteroatoms. The van der Waals surface area contributed by atoms with Crippen LogP contribution in [-0.4, -0.2) is 24.3 Å². The van der Waals surface area contributed by atoms with Gasteiger partial charge in [0.1, 0.15) is 28.8 Å². The number of nitrogens with one attached hydrogen (secondary N) is 1. The first-order valence-electron chi connectivity index (χ1n) is 8.36. The lowest BCUT2D eigenvalue weighted by molar-refractivity contribution is 0.617. The summed E-state index contributed by atoms with van der Waals surface area (Å²) >= 11 is 0. The molecule has 27 heavy (non-hydrogen) atoms. The molecule has 4 aromatic heterocycles. The molecule has 0 bridgehead atoms. The second kappa shape index (κ2) is 6.71.